The maximum Gasteiger partial charge on any atom is 0.331 e. The number of hydrogen-bond donors (Lipinski definition) is 0. The summed E-state index contributed by atoms with van der Waals surface area (Å²) in [5.41, 5.74) is 0. The monoisotopic (exact) mass is 284 g/mol. The number of carbonyl (C=O) groups is 2. The molecular weight excluding hydrogens is 268 g/mol. The number of morpholine rings is 1. The van der Waals surface area contributed by atoms with Gasteiger partial charge >= 0.3 is 5.97 Å². The molecule has 8 nitrogen and oxygen atoms in total. The maximum atomic E-state index is 12.1. The third kappa shape index (κ3) is 3.27. The van der Waals surface area contributed by atoms with Gasteiger partial charge < -0.3 is 23.6 Å². The Balaban J connectivity index is 1.93. The van der Waals surface area contributed by atoms with Gasteiger partial charge in [0, 0.05) is 12.6 Å². The van der Waals surface area contributed by atoms with Gasteiger partial charge in [-0.2, -0.15) is 0 Å². The second-order valence-electron chi connectivity index (χ2n) is 4.27. The Labute approximate surface area is 115 Å². The molecule has 0 spiro atoms. The van der Waals surface area contributed by atoms with Crippen molar-refractivity contribution in [2.75, 3.05) is 33.5 Å². The molecule has 1 aromatic rings. The number of carbonyl (C=O) groups excluding carboxylic acids is 2. The van der Waals surface area contributed by atoms with Gasteiger partial charge in [0.05, 0.1) is 20.3 Å². The Morgan fingerprint density at radius 1 is 1.55 bits per heavy atom. The van der Waals surface area contributed by atoms with Crippen LogP contribution in [0.15, 0.2) is 10.6 Å². The molecule has 1 aliphatic rings. The van der Waals surface area contributed by atoms with E-state index in [1.54, 1.807) is 13.0 Å². The summed E-state index contributed by atoms with van der Waals surface area (Å²) >= 11 is 0. The minimum Gasteiger partial charge on any atom is -0.467 e. The average Bonchev–Trinajstić information content (AvgIpc) is 2.89. The lowest BCUT2D eigenvalue weighted by Gasteiger charge is -2.33. The molecule has 1 aromatic heterocycles. The molecule has 2 heterocycles. The van der Waals surface area contributed by atoms with Crippen molar-refractivity contribution < 1.29 is 28.3 Å². The Kier molecular flexibility index (Phi) is 4.57. The summed E-state index contributed by atoms with van der Waals surface area (Å²) in [5, 5.41) is 3.62. The fraction of sp³-hybridized carbons (Fsp3) is 0.583. The number of esters is 1. The Morgan fingerprint density at radius 3 is 3.00 bits per heavy atom. The SMILES string of the molecule is COC(=O)C1COCCN1C(=O)COc1cc(C)on1. The smallest absolute Gasteiger partial charge is 0.331 e. The molecule has 1 fully saturated rings. The highest BCUT2D eigenvalue weighted by Crippen LogP contribution is 2.12. The summed E-state index contributed by atoms with van der Waals surface area (Å²) in [4.78, 5) is 25.1. The lowest BCUT2D eigenvalue weighted by Crippen LogP contribution is -2.54. The fourth-order valence-electron chi connectivity index (χ4n) is 1.86. The summed E-state index contributed by atoms with van der Waals surface area (Å²) in [7, 11) is 1.27. The zero-order valence-corrected chi connectivity index (χ0v) is 11.3. The van der Waals surface area contributed by atoms with Crippen molar-refractivity contribution in [2.45, 2.75) is 13.0 Å². The van der Waals surface area contributed by atoms with E-state index in [1.807, 2.05) is 0 Å². The third-order valence-corrected chi connectivity index (χ3v) is 2.87. The first-order valence-corrected chi connectivity index (χ1v) is 6.13. The number of aromatic nitrogens is 1. The van der Waals surface area contributed by atoms with Crippen LogP contribution in [0.1, 0.15) is 5.76 Å². The van der Waals surface area contributed by atoms with E-state index in [0.29, 0.717) is 18.9 Å². The molecule has 1 atom stereocenters. The molecule has 1 saturated heterocycles. The highest BCUT2D eigenvalue weighted by molar-refractivity contribution is 5.85. The van der Waals surface area contributed by atoms with E-state index in [1.165, 1.54) is 12.0 Å². The van der Waals surface area contributed by atoms with Crippen molar-refractivity contribution in [3.63, 3.8) is 0 Å². The van der Waals surface area contributed by atoms with E-state index in [9.17, 15) is 9.59 Å². The highest BCUT2D eigenvalue weighted by Gasteiger charge is 2.33. The molecule has 1 unspecified atom stereocenters. The third-order valence-electron chi connectivity index (χ3n) is 2.87. The number of amides is 1. The number of hydrogen-bond acceptors (Lipinski definition) is 7. The first kappa shape index (κ1) is 14.3. The number of ether oxygens (including phenoxy) is 3. The zero-order chi connectivity index (χ0) is 14.5. The number of methoxy groups -OCH3 is 1. The average molecular weight is 284 g/mol. The van der Waals surface area contributed by atoms with E-state index < -0.39 is 12.0 Å². The first-order valence-electron chi connectivity index (χ1n) is 6.13. The molecule has 1 aliphatic heterocycles. The van der Waals surface area contributed by atoms with Crippen LogP contribution in [0.2, 0.25) is 0 Å². The molecule has 110 valence electrons. The van der Waals surface area contributed by atoms with Crippen LogP contribution in [0, 0.1) is 6.92 Å². The molecular formula is C12H16N2O6. The van der Waals surface area contributed by atoms with Gasteiger partial charge in [0.1, 0.15) is 5.76 Å². The summed E-state index contributed by atoms with van der Waals surface area (Å²) in [6, 6.07) is 0.841. The van der Waals surface area contributed by atoms with Crippen LogP contribution in [0.25, 0.3) is 0 Å². The van der Waals surface area contributed by atoms with Gasteiger partial charge in [0.2, 0.25) is 0 Å². The van der Waals surface area contributed by atoms with Crippen molar-refractivity contribution in [3.05, 3.63) is 11.8 Å². The van der Waals surface area contributed by atoms with Gasteiger partial charge in [0.15, 0.2) is 12.6 Å². The van der Waals surface area contributed by atoms with Crippen LogP contribution in [0.5, 0.6) is 5.88 Å². The van der Waals surface area contributed by atoms with Crippen molar-refractivity contribution in [1.82, 2.24) is 10.1 Å². The lowest BCUT2D eigenvalue weighted by molar-refractivity contribution is -0.161. The molecule has 1 amide bonds. The van der Waals surface area contributed by atoms with Crippen LogP contribution in [-0.4, -0.2) is 61.5 Å². The van der Waals surface area contributed by atoms with E-state index in [4.69, 9.17) is 14.0 Å². The molecule has 0 bridgehead atoms. The van der Waals surface area contributed by atoms with Gasteiger partial charge in [-0.25, -0.2) is 4.79 Å². The van der Waals surface area contributed by atoms with E-state index in [-0.39, 0.29) is 25.0 Å². The predicted molar refractivity (Wildman–Crippen MR) is 65.1 cm³/mol. The Morgan fingerprint density at radius 2 is 2.35 bits per heavy atom. The molecule has 8 heteroatoms. The number of aryl methyl sites for hydroxylation is 1. The van der Waals surface area contributed by atoms with Crippen LogP contribution in [-0.2, 0) is 19.1 Å². The Hall–Kier alpha value is -2.09. The molecule has 0 aromatic carbocycles. The topological polar surface area (TPSA) is 91.1 Å². The largest absolute Gasteiger partial charge is 0.467 e. The zero-order valence-electron chi connectivity index (χ0n) is 11.3. The fourth-order valence-corrected chi connectivity index (χ4v) is 1.86. The number of nitrogens with zero attached hydrogens (tertiary/aromatic N) is 2. The van der Waals surface area contributed by atoms with Gasteiger partial charge in [-0.05, 0) is 12.1 Å². The molecule has 20 heavy (non-hydrogen) atoms. The van der Waals surface area contributed by atoms with Gasteiger partial charge in [-0.3, -0.25) is 4.79 Å². The minimum absolute atomic E-state index is 0.126. The van der Waals surface area contributed by atoms with Gasteiger partial charge in [-0.15, -0.1) is 0 Å². The van der Waals surface area contributed by atoms with Crippen LogP contribution in [0.3, 0.4) is 0 Å². The predicted octanol–water partition coefficient (Wildman–Crippen LogP) is -0.238. The standard InChI is InChI=1S/C12H16N2O6/c1-8-5-10(13-20-8)19-7-11(15)14-3-4-18-6-9(14)12(16)17-2/h5,9H,3-4,6-7H2,1-2H3. The van der Waals surface area contributed by atoms with Crippen LogP contribution in [0.4, 0.5) is 0 Å². The minimum atomic E-state index is -0.733. The molecule has 0 saturated carbocycles. The molecule has 0 radical (unpaired) electrons. The summed E-state index contributed by atoms with van der Waals surface area (Å²) < 4.78 is 19.9. The van der Waals surface area contributed by atoms with Gasteiger partial charge in [-0.1, -0.05) is 0 Å². The van der Waals surface area contributed by atoms with E-state index >= 15 is 0 Å². The molecule has 0 N–H and O–H groups in total. The lowest BCUT2D eigenvalue weighted by atomic mass is 10.2. The van der Waals surface area contributed by atoms with Crippen LogP contribution < -0.4 is 4.74 Å². The second kappa shape index (κ2) is 6.38. The quantitative estimate of drug-likeness (QED) is 0.705. The van der Waals surface area contributed by atoms with E-state index in [0.717, 1.165) is 0 Å². The maximum absolute atomic E-state index is 12.1. The summed E-state index contributed by atoms with van der Waals surface area (Å²) in [6.45, 7) is 2.32. The van der Waals surface area contributed by atoms with E-state index in [2.05, 4.69) is 9.89 Å². The molecule has 2 rings (SSSR count). The summed E-state index contributed by atoms with van der Waals surface area (Å²) in [6.07, 6.45) is 0. The second-order valence-corrected chi connectivity index (χ2v) is 4.27. The highest BCUT2D eigenvalue weighted by atomic mass is 16.5. The van der Waals surface area contributed by atoms with Gasteiger partial charge in [0.25, 0.3) is 11.8 Å². The first-order chi connectivity index (χ1) is 9.61. The Bertz CT molecular complexity index is 486. The van der Waals surface area contributed by atoms with Crippen molar-refractivity contribution in [2.24, 2.45) is 0 Å². The van der Waals surface area contributed by atoms with Crippen molar-refractivity contribution in [3.8, 4) is 5.88 Å². The van der Waals surface area contributed by atoms with Crippen molar-refractivity contribution in [1.29, 1.82) is 0 Å². The molecule has 0 aliphatic carbocycles. The van der Waals surface area contributed by atoms with Crippen LogP contribution >= 0.6 is 0 Å². The number of rotatable bonds is 4. The van der Waals surface area contributed by atoms with Crippen molar-refractivity contribution >= 4 is 11.9 Å². The summed E-state index contributed by atoms with van der Waals surface area (Å²) in [5.74, 6) is -0.00956. The normalized spacial score (nSPS) is 18.7.